The molecule has 0 radical (unpaired) electrons. The highest BCUT2D eigenvalue weighted by molar-refractivity contribution is 6.08. The van der Waals surface area contributed by atoms with Gasteiger partial charge in [0, 0.05) is 29.9 Å². The highest BCUT2D eigenvalue weighted by Gasteiger charge is 2.34. The fourth-order valence-corrected chi connectivity index (χ4v) is 3.53. The van der Waals surface area contributed by atoms with Gasteiger partial charge in [0.1, 0.15) is 6.54 Å². The highest BCUT2D eigenvalue weighted by atomic mass is 16.2. The maximum atomic E-state index is 13.2. The predicted octanol–water partition coefficient (Wildman–Crippen LogP) is 3.42. The van der Waals surface area contributed by atoms with Crippen LogP contribution in [0.1, 0.15) is 22.8 Å². The summed E-state index contributed by atoms with van der Waals surface area (Å²) in [6, 6.07) is 17.1. The van der Waals surface area contributed by atoms with Crippen LogP contribution >= 0.6 is 0 Å². The van der Waals surface area contributed by atoms with E-state index in [0.29, 0.717) is 12.1 Å². The highest BCUT2D eigenvalue weighted by Crippen LogP contribution is 2.24. The maximum Gasteiger partial charge on any atom is 0.255 e. The zero-order valence-corrected chi connectivity index (χ0v) is 15.4. The fourth-order valence-electron chi connectivity index (χ4n) is 3.53. The summed E-state index contributed by atoms with van der Waals surface area (Å²) in [5.74, 6) is -0.193. The number of benzene rings is 2. The number of para-hydroxylation sites is 1. The van der Waals surface area contributed by atoms with E-state index in [9.17, 15) is 9.59 Å². The minimum Gasteiger partial charge on any atom is -0.325 e. The van der Waals surface area contributed by atoms with Crippen molar-refractivity contribution >= 4 is 28.4 Å². The smallest absolute Gasteiger partial charge is 0.255 e. The monoisotopic (exact) mass is 359 g/mol. The third-order valence-corrected chi connectivity index (χ3v) is 5.07. The number of aryl methyl sites for hydroxylation is 1. The van der Waals surface area contributed by atoms with Crippen molar-refractivity contribution in [2.45, 2.75) is 19.9 Å². The van der Waals surface area contributed by atoms with Crippen molar-refractivity contribution < 1.29 is 9.59 Å². The van der Waals surface area contributed by atoms with Gasteiger partial charge in [0.25, 0.3) is 5.91 Å². The minimum atomic E-state index is -0.127. The number of carbonyl (C=O) groups is 2. The van der Waals surface area contributed by atoms with Crippen molar-refractivity contribution in [2.24, 2.45) is 0 Å². The van der Waals surface area contributed by atoms with E-state index in [-0.39, 0.29) is 24.4 Å². The zero-order valence-electron chi connectivity index (χ0n) is 15.4. The molecule has 0 N–H and O–H groups in total. The van der Waals surface area contributed by atoms with Crippen LogP contribution in [-0.2, 0) is 4.79 Å². The van der Waals surface area contributed by atoms with E-state index in [4.69, 9.17) is 0 Å². The summed E-state index contributed by atoms with van der Waals surface area (Å²) in [6.07, 6.45) is 1.64. The molecule has 136 valence electrons. The minimum absolute atomic E-state index is 0.0661. The van der Waals surface area contributed by atoms with Crippen molar-refractivity contribution in [1.82, 2.24) is 9.88 Å². The molecule has 0 aliphatic carbocycles. The molecule has 27 heavy (non-hydrogen) atoms. The van der Waals surface area contributed by atoms with Gasteiger partial charge in [-0.15, -0.1) is 0 Å². The van der Waals surface area contributed by atoms with Gasteiger partial charge in [0.05, 0.1) is 11.1 Å². The molecule has 3 aromatic rings. The van der Waals surface area contributed by atoms with Gasteiger partial charge in [-0.25, -0.2) is 0 Å². The molecule has 1 saturated heterocycles. The Kier molecular flexibility index (Phi) is 4.36. The van der Waals surface area contributed by atoms with Crippen LogP contribution in [0.15, 0.2) is 60.8 Å². The quantitative estimate of drug-likeness (QED) is 0.704. The number of rotatable bonds is 2. The Hall–Kier alpha value is -3.21. The van der Waals surface area contributed by atoms with Crippen LogP contribution in [-0.4, -0.2) is 40.8 Å². The fraction of sp³-hybridized carbons (Fsp3) is 0.227. The van der Waals surface area contributed by atoms with Crippen LogP contribution in [0.3, 0.4) is 0 Å². The van der Waals surface area contributed by atoms with Crippen molar-refractivity contribution in [3.05, 3.63) is 71.9 Å². The summed E-state index contributed by atoms with van der Waals surface area (Å²) < 4.78 is 0. The molecule has 5 heteroatoms. The first-order valence-corrected chi connectivity index (χ1v) is 9.06. The van der Waals surface area contributed by atoms with E-state index in [1.807, 2.05) is 62.4 Å². The third-order valence-electron chi connectivity index (χ3n) is 5.07. The van der Waals surface area contributed by atoms with Crippen LogP contribution in [0.2, 0.25) is 0 Å². The van der Waals surface area contributed by atoms with Crippen LogP contribution in [0.5, 0.6) is 0 Å². The molecule has 2 amide bonds. The number of aromatic nitrogens is 1. The lowest BCUT2D eigenvalue weighted by Crippen LogP contribution is -2.57. The van der Waals surface area contributed by atoms with Gasteiger partial charge in [-0.05, 0) is 38.1 Å². The molecule has 0 spiro atoms. The molecule has 1 aliphatic rings. The van der Waals surface area contributed by atoms with Crippen molar-refractivity contribution in [2.75, 3.05) is 18.0 Å². The number of hydrogen-bond donors (Lipinski definition) is 0. The first-order valence-electron chi connectivity index (χ1n) is 9.06. The predicted molar refractivity (Wildman–Crippen MR) is 106 cm³/mol. The van der Waals surface area contributed by atoms with Crippen molar-refractivity contribution in [1.29, 1.82) is 0 Å². The molecule has 0 saturated carbocycles. The standard InChI is InChI=1S/C22H21N3O2/c1-15-7-9-17(10-8-15)25-13-16(2)24(14-21(25)26)22(27)19-11-12-23-20-6-4-3-5-18(19)20/h3-12,16H,13-14H2,1-2H3. The van der Waals surface area contributed by atoms with Crippen molar-refractivity contribution in [3.63, 3.8) is 0 Å². The summed E-state index contributed by atoms with van der Waals surface area (Å²) >= 11 is 0. The Labute approximate surface area is 158 Å². The van der Waals surface area contributed by atoms with E-state index >= 15 is 0 Å². The molecule has 2 heterocycles. The number of piperazine rings is 1. The van der Waals surface area contributed by atoms with E-state index in [0.717, 1.165) is 22.2 Å². The van der Waals surface area contributed by atoms with Crippen LogP contribution in [0.4, 0.5) is 5.69 Å². The number of nitrogens with zero attached hydrogens (tertiary/aromatic N) is 3. The molecule has 1 fully saturated rings. The van der Waals surface area contributed by atoms with Gasteiger partial charge in [-0.1, -0.05) is 35.9 Å². The second-order valence-electron chi connectivity index (χ2n) is 7.00. The maximum absolute atomic E-state index is 13.2. The Morgan fingerprint density at radius 1 is 1.07 bits per heavy atom. The number of fused-ring (bicyclic) bond motifs is 1. The Bertz CT molecular complexity index is 1010. The van der Waals surface area contributed by atoms with Crippen LogP contribution in [0, 0.1) is 6.92 Å². The van der Waals surface area contributed by atoms with E-state index in [2.05, 4.69) is 4.98 Å². The van der Waals surface area contributed by atoms with E-state index in [1.165, 1.54) is 0 Å². The Morgan fingerprint density at radius 2 is 1.81 bits per heavy atom. The molecule has 0 bridgehead atoms. The molecule has 1 atom stereocenters. The molecule has 4 rings (SSSR count). The largest absolute Gasteiger partial charge is 0.325 e. The molecule has 5 nitrogen and oxygen atoms in total. The number of carbonyl (C=O) groups excluding carboxylic acids is 2. The number of hydrogen-bond acceptors (Lipinski definition) is 3. The Morgan fingerprint density at radius 3 is 2.59 bits per heavy atom. The molecule has 1 aromatic heterocycles. The molecule has 2 aromatic carbocycles. The third kappa shape index (κ3) is 3.16. The summed E-state index contributed by atoms with van der Waals surface area (Å²) in [6.45, 7) is 4.56. The molecular weight excluding hydrogens is 338 g/mol. The molecular formula is C22H21N3O2. The normalized spacial score (nSPS) is 17.4. The number of amides is 2. The first-order chi connectivity index (χ1) is 13.0. The van der Waals surface area contributed by atoms with Gasteiger partial charge in [0.15, 0.2) is 0 Å². The second kappa shape index (κ2) is 6.83. The zero-order chi connectivity index (χ0) is 19.0. The summed E-state index contributed by atoms with van der Waals surface area (Å²) in [5.41, 5.74) is 3.39. The van der Waals surface area contributed by atoms with Gasteiger partial charge in [-0.2, -0.15) is 0 Å². The van der Waals surface area contributed by atoms with Gasteiger partial charge >= 0.3 is 0 Å². The number of anilines is 1. The Balaban J connectivity index is 1.61. The summed E-state index contributed by atoms with van der Waals surface area (Å²) in [5, 5.41) is 0.811. The van der Waals surface area contributed by atoms with Crippen LogP contribution < -0.4 is 4.90 Å². The van der Waals surface area contributed by atoms with E-state index < -0.39 is 0 Å². The summed E-state index contributed by atoms with van der Waals surface area (Å²) in [7, 11) is 0. The molecule has 1 unspecified atom stereocenters. The SMILES string of the molecule is Cc1ccc(N2CC(C)N(C(=O)c3ccnc4ccccc34)CC2=O)cc1. The lowest BCUT2D eigenvalue weighted by molar-refractivity contribution is -0.121. The van der Waals surface area contributed by atoms with E-state index in [1.54, 1.807) is 22.1 Å². The lowest BCUT2D eigenvalue weighted by Gasteiger charge is -2.39. The van der Waals surface area contributed by atoms with Gasteiger partial charge in [0.2, 0.25) is 5.91 Å². The first kappa shape index (κ1) is 17.2. The lowest BCUT2D eigenvalue weighted by atomic mass is 10.1. The van der Waals surface area contributed by atoms with Gasteiger partial charge < -0.3 is 9.80 Å². The average molecular weight is 359 g/mol. The topological polar surface area (TPSA) is 53.5 Å². The molecule has 1 aliphatic heterocycles. The van der Waals surface area contributed by atoms with Crippen molar-refractivity contribution in [3.8, 4) is 0 Å². The average Bonchev–Trinajstić information content (AvgIpc) is 2.69. The number of pyridine rings is 1. The summed E-state index contributed by atoms with van der Waals surface area (Å²) in [4.78, 5) is 33.7. The second-order valence-corrected chi connectivity index (χ2v) is 7.00. The van der Waals surface area contributed by atoms with Crippen LogP contribution in [0.25, 0.3) is 10.9 Å². The van der Waals surface area contributed by atoms with Gasteiger partial charge in [-0.3, -0.25) is 14.6 Å².